The smallest absolute Gasteiger partial charge is 0.226 e. The van der Waals surface area contributed by atoms with E-state index in [1.54, 1.807) is 16.0 Å². The number of carbonyl (C=O) groups excluding carboxylic acids is 1. The second-order valence-corrected chi connectivity index (χ2v) is 7.45. The molecule has 0 unspecified atom stereocenters. The predicted molar refractivity (Wildman–Crippen MR) is 103 cm³/mol. The van der Waals surface area contributed by atoms with Gasteiger partial charge in [-0.2, -0.15) is 9.78 Å². The molecule has 0 aliphatic carbocycles. The molecule has 5 rings (SSSR count). The van der Waals surface area contributed by atoms with Crippen LogP contribution in [-0.2, 0) is 4.79 Å². The first kappa shape index (κ1) is 15.3. The number of fused-ring (bicyclic) bond motifs is 2. The lowest BCUT2D eigenvalue weighted by atomic mass is 9.86. The quantitative estimate of drug-likeness (QED) is 0.581. The number of nitrogens with zero attached hydrogens (tertiary/aromatic N) is 3. The Labute approximate surface area is 154 Å². The topological polar surface area (TPSA) is 59.8 Å². The zero-order chi connectivity index (χ0) is 17.7. The molecule has 1 aliphatic heterocycles. The van der Waals surface area contributed by atoms with Gasteiger partial charge in [-0.25, -0.2) is 4.98 Å². The van der Waals surface area contributed by atoms with E-state index < -0.39 is 0 Å². The highest BCUT2D eigenvalue weighted by atomic mass is 32.1. The second-order valence-electron chi connectivity index (χ2n) is 6.44. The number of thiazole rings is 1. The van der Waals surface area contributed by atoms with Gasteiger partial charge in [-0.1, -0.05) is 53.8 Å². The van der Waals surface area contributed by atoms with Gasteiger partial charge in [-0.15, -0.1) is 0 Å². The van der Waals surface area contributed by atoms with Crippen LogP contribution in [0.5, 0.6) is 0 Å². The Balaban J connectivity index is 1.69. The normalized spacial score (nSPS) is 16.5. The molecule has 128 valence electrons. The van der Waals surface area contributed by atoms with Crippen molar-refractivity contribution in [3.63, 3.8) is 0 Å². The Morgan fingerprint density at radius 1 is 1.12 bits per heavy atom. The van der Waals surface area contributed by atoms with Crippen molar-refractivity contribution in [3.8, 4) is 5.13 Å². The number of aromatic nitrogens is 3. The third-order valence-electron chi connectivity index (χ3n) is 4.77. The van der Waals surface area contributed by atoms with E-state index in [0.717, 1.165) is 38.0 Å². The van der Waals surface area contributed by atoms with Crippen LogP contribution in [0, 0.1) is 6.92 Å². The van der Waals surface area contributed by atoms with Gasteiger partial charge < -0.3 is 5.32 Å². The second kappa shape index (κ2) is 5.78. The average molecular weight is 360 g/mol. The number of anilines is 1. The summed E-state index contributed by atoms with van der Waals surface area (Å²) in [5, 5.41) is 8.51. The van der Waals surface area contributed by atoms with Crippen LogP contribution in [0.3, 0.4) is 0 Å². The molecule has 4 aromatic rings. The molecule has 0 radical (unpaired) electrons. The molecule has 0 saturated heterocycles. The number of hydrogen-bond donors (Lipinski definition) is 1. The van der Waals surface area contributed by atoms with Gasteiger partial charge in [0.2, 0.25) is 11.0 Å². The Hall–Kier alpha value is -2.99. The molecule has 5 nitrogen and oxygen atoms in total. The fourth-order valence-electron chi connectivity index (χ4n) is 3.61. The molecular formula is C20H16N4OS. The van der Waals surface area contributed by atoms with Crippen LogP contribution >= 0.6 is 11.3 Å². The summed E-state index contributed by atoms with van der Waals surface area (Å²) in [6.45, 7) is 2.00. The van der Waals surface area contributed by atoms with Gasteiger partial charge >= 0.3 is 0 Å². The standard InChI is InChI=1S/C20H16N4OS/c1-12-18-14(13-7-3-2-4-8-13)11-17(25)22-19(18)24(23-12)20-21-15-9-5-6-10-16(15)26-20/h2-10,14H,11H2,1H3,(H,22,25)/t14-/m0/s1. The lowest BCUT2D eigenvalue weighted by molar-refractivity contribution is -0.116. The van der Waals surface area contributed by atoms with Crippen molar-refractivity contribution >= 4 is 33.3 Å². The lowest BCUT2D eigenvalue weighted by Gasteiger charge is -2.24. The molecule has 1 amide bonds. The maximum Gasteiger partial charge on any atom is 0.226 e. The van der Waals surface area contributed by atoms with Crippen LogP contribution in [0.2, 0.25) is 0 Å². The first-order valence-electron chi connectivity index (χ1n) is 8.51. The molecule has 1 atom stereocenters. The number of aryl methyl sites for hydroxylation is 1. The van der Waals surface area contributed by atoms with Crippen LogP contribution in [-0.4, -0.2) is 20.7 Å². The van der Waals surface area contributed by atoms with Gasteiger partial charge in [0.05, 0.1) is 15.9 Å². The van der Waals surface area contributed by atoms with Gasteiger partial charge in [0.15, 0.2) is 0 Å². The third kappa shape index (κ3) is 2.34. The summed E-state index contributed by atoms with van der Waals surface area (Å²) in [5.74, 6) is 0.767. The highest BCUT2D eigenvalue weighted by molar-refractivity contribution is 7.20. The summed E-state index contributed by atoms with van der Waals surface area (Å²) in [5.41, 5.74) is 4.08. The molecule has 1 N–H and O–H groups in total. The largest absolute Gasteiger partial charge is 0.310 e. The van der Waals surface area contributed by atoms with E-state index in [-0.39, 0.29) is 11.8 Å². The molecule has 2 aromatic heterocycles. The number of hydrogen-bond acceptors (Lipinski definition) is 4. The van der Waals surface area contributed by atoms with Crippen LogP contribution < -0.4 is 5.32 Å². The van der Waals surface area contributed by atoms with Crippen molar-refractivity contribution < 1.29 is 4.79 Å². The molecular weight excluding hydrogens is 344 g/mol. The number of nitrogens with one attached hydrogen (secondary N) is 1. The first-order chi connectivity index (χ1) is 12.7. The fourth-order valence-corrected chi connectivity index (χ4v) is 4.53. The maximum absolute atomic E-state index is 12.4. The van der Waals surface area contributed by atoms with E-state index in [1.165, 1.54) is 0 Å². The summed E-state index contributed by atoms with van der Waals surface area (Å²) in [6, 6.07) is 18.2. The number of benzene rings is 2. The van der Waals surface area contributed by atoms with E-state index in [1.807, 2.05) is 49.4 Å². The van der Waals surface area contributed by atoms with Crippen molar-refractivity contribution in [1.82, 2.24) is 14.8 Å². The van der Waals surface area contributed by atoms with Crippen molar-refractivity contribution in [2.75, 3.05) is 5.32 Å². The molecule has 2 aromatic carbocycles. The average Bonchev–Trinajstić information content (AvgIpc) is 3.23. The maximum atomic E-state index is 12.4. The van der Waals surface area contributed by atoms with E-state index in [0.29, 0.717) is 6.42 Å². The highest BCUT2D eigenvalue weighted by Crippen LogP contribution is 2.40. The SMILES string of the molecule is Cc1nn(-c2nc3ccccc3s2)c2c1[C@H](c1ccccc1)CC(=O)N2. The summed E-state index contributed by atoms with van der Waals surface area (Å²) < 4.78 is 2.88. The first-order valence-corrected chi connectivity index (χ1v) is 9.32. The molecule has 0 bridgehead atoms. The van der Waals surface area contributed by atoms with Gasteiger partial charge in [0.25, 0.3) is 0 Å². The monoisotopic (exact) mass is 360 g/mol. The van der Waals surface area contributed by atoms with Crippen LogP contribution in [0.15, 0.2) is 54.6 Å². The lowest BCUT2D eigenvalue weighted by Crippen LogP contribution is -2.24. The number of carbonyl (C=O) groups is 1. The predicted octanol–water partition coefficient (Wildman–Crippen LogP) is 4.26. The summed E-state index contributed by atoms with van der Waals surface area (Å²) in [6.07, 6.45) is 0.434. The van der Waals surface area contributed by atoms with Gasteiger partial charge in [0.1, 0.15) is 5.82 Å². The van der Waals surface area contributed by atoms with Gasteiger partial charge in [-0.3, -0.25) is 4.79 Å². The molecule has 1 aliphatic rings. The van der Waals surface area contributed by atoms with E-state index in [4.69, 9.17) is 10.1 Å². The molecule has 6 heteroatoms. The van der Waals surface area contributed by atoms with Gasteiger partial charge in [0, 0.05) is 17.9 Å². The number of para-hydroxylation sites is 1. The zero-order valence-corrected chi connectivity index (χ0v) is 15.0. The molecule has 3 heterocycles. The van der Waals surface area contributed by atoms with Crippen molar-refractivity contribution in [2.24, 2.45) is 0 Å². The Morgan fingerprint density at radius 3 is 2.69 bits per heavy atom. The highest BCUT2D eigenvalue weighted by Gasteiger charge is 2.33. The van der Waals surface area contributed by atoms with Crippen LogP contribution in [0.25, 0.3) is 15.3 Å². The minimum atomic E-state index is 0.00798. The van der Waals surface area contributed by atoms with Crippen LogP contribution in [0.4, 0.5) is 5.82 Å². The molecule has 0 spiro atoms. The summed E-state index contributed by atoms with van der Waals surface area (Å²) in [4.78, 5) is 17.1. The summed E-state index contributed by atoms with van der Waals surface area (Å²) >= 11 is 1.57. The van der Waals surface area contributed by atoms with Crippen molar-refractivity contribution in [2.45, 2.75) is 19.3 Å². The Bertz CT molecular complexity index is 1100. The Kier molecular flexibility index (Phi) is 3.39. The van der Waals surface area contributed by atoms with E-state index in [2.05, 4.69) is 17.4 Å². The van der Waals surface area contributed by atoms with Gasteiger partial charge in [-0.05, 0) is 24.6 Å². The van der Waals surface area contributed by atoms with E-state index in [9.17, 15) is 4.79 Å². The number of amides is 1. The van der Waals surface area contributed by atoms with E-state index >= 15 is 0 Å². The third-order valence-corrected chi connectivity index (χ3v) is 5.78. The molecule has 26 heavy (non-hydrogen) atoms. The molecule has 0 fully saturated rings. The Morgan fingerprint density at radius 2 is 1.88 bits per heavy atom. The zero-order valence-electron chi connectivity index (χ0n) is 14.1. The summed E-state index contributed by atoms with van der Waals surface area (Å²) in [7, 11) is 0. The van der Waals surface area contributed by atoms with Crippen LogP contribution in [0.1, 0.15) is 29.2 Å². The van der Waals surface area contributed by atoms with Crippen molar-refractivity contribution in [1.29, 1.82) is 0 Å². The minimum Gasteiger partial charge on any atom is -0.310 e. The fraction of sp³-hybridized carbons (Fsp3) is 0.150. The minimum absolute atomic E-state index is 0.00798. The molecule has 0 saturated carbocycles. The van der Waals surface area contributed by atoms with Crippen molar-refractivity contribution in [3.05, 3.63) is 71.4 Å². The number of rotatable bonds is 2.